The summed E-state index contributed by atoms with van der Waals surface area (Å²) in [6.07, 6.45) is 3.61. The Morgan fingerprint density at radius 1 is 1.14 bits per heavy atom. The first-order chi connectivity index (χ1) is 10.6. The molecule has 4 heteroatoms. The van der Waals surface area contributed by atoms with Gasteiger partial charge in [-0.25, -0.2) is 0 Å². The highest BCUT2D eigenvalue weighted by molar-refractivity contribution is 7.80. The van der Waals surface area contributed by atoms with Crippen LogP contribution in [0.15, 0.2) is 36.4 Å². The maximum atomic E-state index is 5.36. The molecule has 118 valence electrons. The molecule has 0 saturated heterocycles. The Balaban J connectivity index is 1.82. The maximum Gasteiger partial charge on any atom is 0.171 e. The van der Waals surface area contributed by atoms with Crippen LogP contribution in [0.25, 0.3) is 0 Å². The molecule has 2 N–H and O–H groups in total. The van der Waals surface area contributed by atoms with Crippen LogP contribution in [-0.4, -0.2) is 9.68 Å². The molecular formula is C18H25N3S. The first-order valence-electron chi connectivity index (χ1n) is 7.85. The molecule has 0 aliphatic carbocycles. The van der Waals surface area contributed by atoms with E-state index in [1.54, 1.807) is 0 Å². The van der Waals surface area contributed by atoms with Crippen LogP contribution in [0.3, 0.4) is 0 Å². The summed E-state index contributed by atoms with van der Waals surface area (Å²) in [5.41, 5.74) is 4.88. The minimum atomic E-state index is 0.653. The van der Waals surface area contributed by atoms with Gasteiger partial charge in [-0.3, -0.25) is 0 Å². The van der Waals surface area contributed by atoms with Crippen molar-refractivity contribution < 1.29 is 0 Å². The van der Waals surface area contributed by atoms with E-state index < -0.39 is 0 Å². The van der Waals surface area contributed by atoms with Crippen molar-refractivity contribution in [3.8, 4) is 0 Å². The van der Waals surface area contributed by atoms with E-state index in [9.17, 15) is 0 Å². The van der Waals surface area contributed by atoms with Gasteiger partial charge in [0, 0.05) is 24.1 Å². The van der Waals surface area contributed by atoms with Gasteiger partial charge in [0.25, 0.3) is 0 Å². The third-order valence-corrected chi connectivity index (χ3v) is 4.18. The highest BCUT2D eigenvalue weighted by Crippen LogP contribution is 2.12. The quantitative estimate of drug-likeness (QED) is 0.784. The van der Waals surface area contributed by atoms with Crippen LogP contribution in [0.2, 0.25) is 0 Å². The molecule has 2 rings (SSSR count). The predicted molar refractivity (Wildman–Crippen MR) is 98.3 cm³/mol. The molecule has 0 radical (unpaired) electrons. The monoisotopic (exact) mass is 315 g/mol. The highest BCUT2D eigenvalue weighted by atomic mass is 32.1. The molecular weight excluding hydrogens is 290 g/mol. The van der Waals surface area contributed by atoms with Crippen molar-refractivity contribution in [1.82, 2.24) is 9.88 Å². The van der Waals surface area contributed by atoms with E-state index >= 15 is 0 Å². The van der Waals surface area contributed by atoms with Crippen LogP contribution < -0.4 is 10.6 Å². The van der Waals surface area contributed by atoms with Crippen LogP contribution in [0.1, 0.15) is 36.7 Å². The summed E-state index contributed by atoms with van der Waals surface area (Å²) in [6.45, 7) is 5.04. The molecule has 0 aliphatic heterocycles. The van der Waals surface area contributed by atoms with Gasteiger partial charge >= 0.3 is 0 Å². The lowest BCUT2D eigenvalue weighted by Gasteiger charge is -2.12. The van der Waals surface area contributed by atoms with E-state index in [4.69, 9.17) is 12.2 Å². The summed E-state index contributed by atoms with van der Waals surface area (Å²) in [6, 6.07) is 12.7. The number of unbranched alkanes of at least 4 members (excludes halogenated alkanes) is 1. The lowest BCUT2D eigenvalue weighted by molar-refractivity contribution is 0.764. The minimum absolute atomic E-state index is 0.653. The second kappa shape index (κ2) is 7.99. The van der Waals surface area contributed by atoms with E-state index in [1.807, 2.05) is 0 Å². The largest absolute Gasteiger partial charge is 0.357 e. The van der Waals surface area contributed by atoms with Gasteiger partial charge in [0.05, 0.1) is 6.54 Å². The Labute approximate surface area is 138 Å². The Morgan fingerprint density at radius 2 is 1.86 bits per heavy atom. The second-order valence-electron chi connectivity index (χ2n) is 5.63. The zero-order valence-electron chi connectivity index (χ0n) is 13.6. The number of nitrogens with zero attached hydrogens (tertiary/aromatic N) is 1. The third kappa shape index (κ3) is 4.60. The molecule has 0 bridgehead atoms. The standard InChI is InChI=1S/C18H25N3S/c1-4-5-6-15-8-10-16(11-9-15)20-18(22)19-13-17-12-7-14(2)21(17)3/h7-12H,4-6,13H2,1-3H3,(H2,19,20,22). The number of rotatable bonds is 6. The minimum Gasteiger partial charge on any atom is -0.357 e. The summed E-state index contributed by atoms with van der Waals surface area (Å²) in [5, 5.41) is 7.14. The van der Waals surface area contributed by atoms with Crippen molar-refractivity contribution in [2.24, 2.45) is 7.05 Å². The topological polar surface area (TPSA) is 29.0 Å². The van der Waals surface area contributed by atoms with E-state index in [0.29, 0.717) is 5.11 Å². The van der Waals surface area contributed by atoms with Gasteiger partial charge in [-0.2, -0.15) is 0 Å². The Hall–Kier alpha value is -1.81. The van der Waals surface area contributed by atoms with Gasteiger partial charge in [0.1, 0.15) is 0 Å². The average Bonchev–Trinajstić information content (AvgIpc) is 2.84. The Kier molecular flexibility index (Phi) is 6.01. The van der Waals surface area contributed by atoms with E-state index in [0.717, 1.165) is 18.7 Å². The smallest absolute Gasteiger partial charge is 0.171 e. The summed E-state index contributed by atoms with van der Waals surface area (Å²) in [7, 11) is 2.07. The number of anilines is 1. The first kappa shape index (κ1) is 16.6. The SMILES string of the molecule is CCCCc1ccc(NC(=S)NCc2ccc(C)n2C)cc1. The van der Waals surface area contributed by atoms with E-state index in [-0.39, 0.29) is 0 Å². The number of nitrogens with one attached hydrogen (secondary N) is 2. The fourth-order valence-electron chi connectivity index (χ4n) is 2.33. The first-order valence-corrected chi connectivity index (χ1v) is 8.26. The Bertz CT molecular complexity index is 614. The number of thiocarbonyl (C=S) groups is 1. The number of benzene rings is 1. The molecule has 0 spiro atoms. The maximum absolute atomic E-state index is 5.36. The van der Waals surface area contributed by atoms with E-state index in [1.165, 1.54) is 29.8 Å². The van der Waals surface area contributed by atoms with Crippen LogP contribution in [0, 0.1) is 6.92 Å². The van der Waals surface area contributed by atoms with Gasteiger partial charge in [0.15, 0.2) is 5.11 Å². The Morgan fingerprint density at radius 3 is 2.45 bits per heavy atom. The molecule has 1 heterocycles. The van der Waals surface area contributed by atoms with Crippen molar-refractivity contribution >= 4 is 23.0 Å². The van der Waals surface area contributed by atoms with Crippen molar-refractivity contribution in [3.63, 3.8) is 0 Å². The number of hydrogen-bond acceptors (Lipinski definition) is 1. The van der Waals surface area contributed by atoms with Crippen LogP contribution in [-0.2, 0) is 20.0 Å². The van der Waals surface area contributed by atoms with Gasteiger partial charge in [-0.15, -0.1) is 0 Å². The number of aromatic nitrogens is 1. The van der Waals surface area contributed by atoms with Crippen LogP contribution in [0.5, 0.6) is 0 Å². The number of aryl methyl sites for hydroxylation is 2. The van der Waals surface area contributed by atoms with Crippen molar-refractivity contribution in [1.29, 1.82) is 0 Å². The third-order valence-electron chi connectivity index (χ3n) is 3.94. The summed E-state index contributed by atoms with van der Waals surface area (Å²) in [4.78, 5) is 0. The fraction of sp³-hybridized carbons (Fsp3) is 0.389. The van der Waals surface area contributed by atoms with Crippen molar-refractivity contribution in [3.05, 3.63) is 53.3 Å². The normalized spacial score (nSPS) is 10.5. The molecule has 22 heavy (non-hydrogen) atoms. The van der Waals surface area contributed by atoms with Gasteiger partial charge in [-0.05, 0) is 61.8 Å². The van der Waals surface area contributed by atoms with Crippen LogP contribution in [0.4, 0.5) is 5.69 Å². The summed E-state index contributed by atoms with van der Waals surface area (Å²) >= 11 is 5.36. The van der Waals surface area contributed by atoms with Crippen molar-refractivity contribution in [2.45, 2.75) is 39.7 Å². The molecule has 0 unspecified atom stereocenters. The van der Waals surface area contributed by atoms with Crippen LogP contribution >= 0.6 is 12.2 Å². The lowest BCUT2D eigenvalue weighted by atomic mass is 10.1. The summed E-state index contributed by atoms with van der Waals surface area (Å²) in [5.74, 6) is 0. The zero-order chi connectivity index (χ0) is 15.9. The molecule has 1 aromatic carbocycles. The molecule has 0 amide bonds. The molecule has 0 atom stereocenters. The zero-order valence-corrected chi connectivity index (χ0v) is 14.5. The van der Waals surface area contributed by atoms with E-state index in [2.05, 4.69) is 72.5 Å². The second-order valence-corrected chi connectivity index (χ2v) is 6.04. The summed E-state index contributed by atoms with van der Waals surface area (Å²) < 4.78 is 2.16. The molecule has 3 nitrogen and oxygen atoms in total. The van der Waals surface area contributed by atoms with Gasteiger partial charge < -0.3 is 15.2 Å². The average molecular weight is 315 g/mol. The highest BCUT2D eigenvalue weighted by Gasteiger charge is 2.02. The molecule has 1 aromatic heterocycles. The molecule has 0 fully saturated rings. The van der Waals surface area contributed by atoms with Crippen molar-refractivity contribution in [2.75, 3.05) is 5.32 Å². The van der Waals surface area contributed by atoms with Gasteiger partial charge in [0.2, 0.25) is 0 Å². The fourth-order valence-corrected chi connectivity index (χ4v) is 2.52. The molecule has 0 aliphatic rings. The lowest BCUT2D eigenvalue weighted by Crippen LogP contribution is -2.28. The molecule has 0 saturated carbocycles. The predicted octanol–water partition coefficient (Wildman–Crippen LogP) is 4.16. The molecule has 2 aromatic rings. The number of hydrogen-bond donors (Lipinski definition) is 2. The van der Waals surface area contributed by atoms with Gasteiger partial charge in [-0.1, -0.05) is 25.5 Å².